The predicted molar refractivity (Wildman–Crippen MR) is 146 cm³/mol. The maximum atomic E-state index is 13.6. The summed E-state index contributed by atoms with van der Waals surface area (Å²) in [5.74, 6) is 5.84. The monoisotopic (exact) mass is 552 g/mol. The molecule has 0 spiro atoms. The number of carbonyl (C=O) groups excluding carboxylic acids is 1. The molecule has 0 saturated carbocycles. The van der Waals surface area contributed by atoms with E-state index in [1.54, 1.807) is 54.9 Å². The second-order valence-electron chi connectivity index (χ2n) is 8.95. The van der Waals surface area contributed by atoms with Crippen LogP contribution in [-0.2, 0) is 14.8 Å². The molecule has 1 heterocycles. The van der Waals surface area contributed by atoms with Crippen molar-refractivity contribution in [2.24, 2.45) is 5.84 Å². The largest absolute Gasteiger partial charge is 0.490 e. The van der Waals surface area contributed by atoms with Crippen molar-refractivity contribution in [1.82, 2.24) is 9.71 Å². The summed E-state index contributed by atoms with van der Waals surface area (Å²) in [6, 6.07) is 14.8. The van der Waals surface area contributed by atoms with Gasteiger partial charge in [0.25, 0.3) is 15.9 Å². The van der Waals surface area contributed by atoms with Gasteiger partial charge in [0.2, 0.25) is 0 Å². The summed E-state index contributed by atoms with van der Waals surface area (Å²) in [5.41, 5.74) is 0.812. The number of pyridine rings is 1. The van der Waals surface area contributed by atoms with Gasteiger partial charge in [-0.3, -0.25) is 14.8 Å². The van der Waals surface area contributed by atoms with Gasteiger partial charge in [-0.05, 0) is 86.3 Å². The Labute approximate surface area is 226 Å². The van der Waals surface area contributed by atoms with Crippen molar-refractivity contribution < 1.29 is 27.1 Å². The maximum Gasteiger partial charge on any atom is 0.264 e. The molecule has 3 N–H and O–H groups in total. The third-order valence-corrected chi connectivity index (χ3v) is 7.12. The molecule has 0 bridgehead atoms. The molecule has 0 aliphatic rings. The number of halogens is 1. The average Bonchev–Trinajstić information content (AvgIpc) is 2.89. The fourth-order valence-electron chi connectivity index (χ4n) is 3.99. The third-order valence-electron chi connectivity index (χ3n) is 5.75. The standard InChI is InChI=1S/C28H29FN4O5S/c1-4-37-26-16-20(6-12-25(26)38-18(2)3)27(28(34)32-39(35,36)24-10-7-22(29)8-11-24)33(30)23-9-5-21-17-31-14-13-19(21)15-23/h5-18,27H,4,30H2,1-3H3,(H,32,34). The van der Waals surface area contributed by atoms with Crippen molar-refractivity contribution in [3.05, 3.63) is 90.5 Å². The molecule has 204 valence electrons. The molecule has 11 heteroatoms. The fourth-order valence-corrected chi connectivity index (χ4v) is 4.98. The zero-order valence-electron chi connectivity index (χ0n) is 21.7. The highest BCUT2D eigenvalue weighted by atomic mass is 32.2. The molecule has 1 atom stereocenters. The van der Waals surface area contributed by atoms with Gasteiger partial charge < -0.3 is 9.47 Å². The maximum absolute atomic E-state index is 13.6. The summed E-state index contributed by atoms with van der Waals surface area (Å²) in [4.78, 5) is 17.5. The van der Waals surface area contributed by atoms with Crippen LogP contribution < -0.4 is 25.0 Å². The zero-order valence-corrected chi connectivity index (χ0v) is 22.5. The van der Waals surface area contributed by atoms with Crippen LogP contribution in [0.15, 0.2) is 84.0 Å². The molecule has 9 nitrogen and oxygen atoms in total. The molecule has 3 aromatic carbocycles. The number of carbonyl (C=O) groups is 1. The Morgan fingerprint density at radius 2 is 1.77 bits per heavy atom. The quantitative estimate of drug-likeness (QED) is 0.218. The van der Waals surface area contributed by atoms with Crippen LogP contribution in [0.25, 0.3) is 10.8 Å². The number of sulfonamides is 1. The van der Waals surface area contributed by atoms with Crippen molar-refractivity contribution in [1.29, 1.82) is 0 Å². The molecule has 0 fully saturated rings. The number of nitrogens with zero attached hydrogens (tertiary/aromatic N) is 2. The van der Waals surface area contributed by atoms with E-state index in [1.807, 2.05) is 20.8 Å². The Balaban J connectivity index is 1.78. The minimum Gasteiger partial charge on any atom is -0.490 e. The van der Waals surface area contributed by atoms with E-state index in [0.717, 1.165) is 35.0 Å². The number of hydrogen-bond donors (Lipinski definition) is 2. The predicted octanol–water partition coefficient (Wildman–Crippen LogP) is 4.49. The molecule has 0 saturated heterocycles. The normalized spacial score (nSPS) is 12.3. The van der Waals surface area contributed by atoms with Crippen LogP contribution in [0.2, 0.25) is 0 Å². The highest BCUT2D eigenvalue weighted by molar-refractivity contribution is 7.90. The van der Waals surface area contributed by atoms with Crippen LogP contribution in [0.1, 0.15) is 32.4 Å². The van der Waals surface area contributed by atoms with Gasteiger partial charge in [0.15, 0.2) is 11.5 Å². The smallest absolute Gasteiger partial charge is 0.264 e. The number of nitrogens with one attached hydrogen (secondary N) is 1. The number of hydrogen-bond acceptors (Lipinski definition) is 8. The van der Waals surface area contributed by atoms with E-state index in [1.165, 1.54) is 5.01 Å². The first-order chi connectivity index (χ1) is 18.6. The Kier molecular flexibility index (Phi) is 8.32. The molecule has 4 aromatic rings. The van der Waals surface area contributed by atoms with E-state index in [-0.39, 0.29) is 11.0 Å². The molecule has 39 heavy (non-hydrogen) atoms. The second kappa shape index (κ2) is 11.7. The minimum atomic E-state index is -4.34. The van der Waals surface area contributed by atoms with Gasteiger partial charge in [0.1, 0.15) is 11.9 Å². The number of anilines is 1. The van der Waals surface area contributed by atoms with E-state index in [4.69, 9.17) is 15.3 Å². The Hall–Kier alpha value is -4.22. The van der Waals surface area contributed by atoms with Crippen LogP contribution in [0.4, 0.5) is 10.1 Å². The summed E-state index contributed by atoms with van der Waals surface area (Å²) >= 11 is 0. The van der Waals surface area contributed by atoms with Crippen molar-refractivity contribution in [3.63, 3.8) is 0 Å². The number of benzene rings is 3. The Bertz CT molecular complexity index is 1580. The lowest BCUT2D eigenvalue weighted by molar-refractivity contribution is -0.120. The zero-order chi connectivity index (χ0) is 28.2. The van der Waals surface area contributed by atoms with E-state index in [2.05, 4.69) is 9.71 Å². The van der Waals surface area contributed by atoms with Crippen molar-refractivity contribution in [2.75, 3.05) is 11.6 Å². The molecule has 1 amide bonds. The van der Waals surface area contributed by atoms with Gasteiger partial charge in [-0.1, -0.05) is 12.1 Å². The molecule has 4 rings (SSSR count). The number of ether oxygens (including phenoxy) is 2. The molecule has 0 aliphatic heterocycles. The van der Waals surface area contributed by atoms with E-state index in [0.29, 0.717) is 29.4 Å². The highest BCUT2D eigenvalue weighted by Crippen LogP contribution is 2.35. The Morgan fingerprint density at radius 3 is 2.46 bits per heavy atom. The van der Waals surface area contributed by atoms with Crippen molar-refractivity contribution in [2.45, 2.75) is 37.8 Å². The number of fused-ring (bicyclic) bond motifs is 1. The van der Waals surface area contributed by atoms with Crippen LogP contribution in [-0.4, -0.2) is 32.0 Å². The topological polar surface area (TPSA) is 124 Å². The first-order valence-corrected chi connectivity index (χ1v) is 13.7. The molecule has 0 radical (unpaired) electrons. The van der Waals surface area contributed by atoms with Gasteiger partial charge in [0, 0.05) is 17.8 Å². The van der Waals surface area contributed by atoms with Gasteiger partial charge in [-0.25, -0.2) is 23.4 Å². The summed E-state index contributed by atoms with van der Waals surface area (Å²) in [6.07, 6.45) is 3.20. The lowest BCUT2D eigenvalue weighted by Gasteiger charge is -2.29. The third kappa shape index (κ3) is 6.44. The first-order valence-electron chi connectivity index (χ1n) is 12.2. The lowest BCUT2D eigenvalue weighted by Crippen LogP contribution is -2.46. The summed E-state index contributed by atoms with van der Waals surface area (Å²) in [7, 11) is -4.34. The van der Waals surface area contributed by atoms with Crippen molar-refractivity contribution in [3.8, 4) is 11.5 Å². The molecule has 0 aliphatic carbocycles. The number of hydrazine groups is 1. The van der Waals surface area contributed by atoms with Crippen molar-refractivity contribution >= 4 is 32.4 Å². The van der Waals surface area contributed by atoms with E-state index >= 15 is 0 Å². The first kappa shape index (κ1) is 27.8. The van der Waals surface area contributed by atoms with Crippen LogP contribution >= 0.6 is 0 Å². The molecular weight excluding hydrogens is 523 g/mol. The van der Waals surface area contributed by atoms with E-state index < -0.39 is 27.8 Å². The lowest BCUT2D eigenvalue weighted by atomic mass is 10.0. The van der Waals surface area contributed by atoms with Crippen LogP contribution in [0.5, 0.6) is 11.5 Å². The van der Waals surface area contributed by atoms with Gasteiger partial charge >= 0.3 is 0 Å². The van der Waals surface area contributed by atoms with Gasteiger partial charge in [-0.15, -0.1) is 0 Å². The minimum absolute atomic E-state index is 0.131. The van der Waals surface area contributed by atoms with Crippen LogP contribution in [0.3, 0.4) is 0 Å². The number of amides is 1. The summed E-state index contributed by atoms with van der Waals surface area (Å²) < 4.78 is 53.1. The SMILES string of the molecule is CCOc1cc(C(C(=O)NS(=O)(=O)c2ccc(F)cc2)N(N)c2ccc3cnccc3c2)ccc1OC(C)C. The number of nitrogens with two attached hydrogens (primary N) is 1. The van der Waals surface area contributed by atoms with Crippen LogP contribution in [0, 0.1) is 5.82 Å². The fraction of sp³-hybridized carbons (Fsp3) is 0.214. The Morgan fingerprint density at radius 1 is 1.03 bits per heavy atom. The second-order valence-corrected chi connectivity index (χ2v) is 10.6. The summed E-state index contributed by atoms with van der Waals surface area (Å²) in [5, 5.41) is 2.87. The number of rotatable bonds is 10. The highest BCUT2D eigenvalue weighted by Gasteiger charge is 2.31. The molecule has 1 aromatic heterocycles. The molecular formula is C28H29FN4O5S. The number of aromatic nitrogens is 1. The van der Waals surface area contributed by atoms with E-state index in [9.17, 15) is 17.6 Å². The van der Waals surface area contributed by atoms with Gasteiger partial charge in [0.05, 0.1) is 23.3 Å². The average molecular weight is 553 g/mol. The van der Waals surface area contributed by atoms with Gasteiger partial charge in [-0.2, -0.15) is 0 Å². The summed E-state index contributed by atoms with van der Waals surface area (Å²) in [6.45, 7) is 5.89. The molecule has 1 unspecified atom stereocenters.